The molecule has 206 valence electrons. The highest BCUT2D eigenvalue weighted by Crippen LogP contribution is 2.67. The summed E-state index contributed by atoms with van der Waals surface area (Å²) in [7, 11) is 0. The second kappa shape index (κ2) is 8.19. The van der Waals surface area contributed by atoms with Crippen LogP contribution in [0.4, 0.5) is 0 Å². The fourth-order valence-corrected chi connectivity index (χ4v) is 10.4. The highest BCUT2D eigenvalue weighted by molar-refractivity contribution is 6.22. The lowest BCUT2D eigenvalue weighted by Gasteiger charge is -2.49. The van der Waals surface area contributed by atoms with Gasteiger partial charge in [-0.1, -0.05) is 62.6 Å². The molecule has 1 amide bonds. The molecule has 7 aliphatic rings. The van der Waals surface area contributed by atoms with Gasteiger partial charge in [0.25, 0.3) is 5.91 Å². The van der Waals surface area contributed by atoms with E-state index in [9.17, 15) is 14.7 Å². The Bertz CT molecular complexity index is 1370. The molecule has 39 heavy (non-hydrogen) atoms. The Kier molecular flexibility index (Phi) is 5.32. The number of nitrogens with one attached hydrogen (secondary N) is 1. The SMILES string of the molecule is CC1=C[C@@]2(C)C(=C(C)[C@H]3[C@@H]4C[C@H](C)C[C@H](C)[C@H]4[C@@H]4Oc5ccc(cc5)C[C@@]5(O)C=C(C(=O)N5)C(=O)[C@@H]2[C@@H]43)[C@H]1C. The summed E-state index contributed by atoms with van der Waals surface area (Å²) in [6.45, 7) is 13.7. The number of hydrogen-bond acceptors (Lipinski definition) is 4. The zero-order chi connectivity index (χ0) is 27.6. The van der Waals surface area contributed by atoms with Crippen molar-refractivity contribution in [2.45, 2.75) is 72.6 Å². The van der Waals surface area contributed by atoms with Crippen molar-refractivity contribution in [3.8, 4) is 5.75 Å². The van der Waals surface area contributed by atoms with Crippen molar-refractivity contribution in [3.05, 3.63) is 64.3 Å². The first-order valence-corrected chi connectivity index (χ1v) is 14.9. The Hall–Kier alpha value is -2.66. The number of ketones is 1. The van der Waals surface area contributed by atoms with Gasteiger partial charge in [-0.2, -0.15) is 0 Å². The normalized spacial score (nSPS) is 46.2. The van der Waals surface area contributed by atoms with E-state index in [1.807, 2.05) is 24.3 Å². The van der Waals surface area contributed by atoms with Crippen molar-refractivity contribution < 1.29 is 19.4 Å². The van der Waals surface area contributed by atoms with Crippen LogP contribution in [0.3, 0.4) is 0 Å². The number of amides is 1. The molecule has 11 atom stereocenters. The summed E-state index contributed by atoms with van der Waals surface area (Å²) in [6.07, 6.45) is 6.20. The van der Waals surface area contributed by atoms with Crippen molar-refractivity contribution in [2.24, 2.45) is 52.8 Å². The van der Waals surface area contributed by atoms with Crippen molar-refractivity contribution in [3.63, 3.8) is 0 Å². The van der Waals surface area contributed by atoms with Crippen LogP contribution >= 0.6 is 0 Å². The van der Waals surface area contributed by atoms with Gasteiger partial charge in [0.2, 0.25) is 0 Å². The van der Waals surface area contributed by atoms with Gasteiger partial charge < -0.3 is 15.2 Å². The number of carbonyl (C=O) groups excluding carboxylic acids is 2. The Morgan fingerprint density at radius 1 is 1.00 bits per heavy atom. The number of allylic oxidation sites excluding steroid dienone is 4. The van der Waals surface area contributed by atoms with E-state index < -0.39 is 23.0 Å². The van der Waals surface area contributed by atoms with E-state index >= 15 is 0 Å². The van der Waals surface area contributed by atoms with Crippen LogP contribution in [-0.2, 0) is 16.0 Å². The number of hydrogen-bond donors (Lipinski definition) is 2. The number of rotatable bonds is 0. The maximum absolute atomic E-state index is 14.8. The Morgan fingerprint density at radius 3 is 2.44 bits per heavy atom. The lowest BCUT2D eigenvalue weighted by Crippen LogP contribution is -2.50. The molecule has 1 aromatic rings. The van der Waals surface area contributed by atoms with Gasteiger partial charge in [0, 0.05) is 29.6 Å². The van der Waals surface area contributed by atoms with Crippen molar-refractivity contribution in [1.82, 2.24) is 5.32 Å². The molecule has 8 rings (SSSR count). The van der Waals surface area contributed by atoms with Crippen LogP contribution in [-0.4, -0.2) is 28.6 Å². The van der Waals surface area contributed by atoms with Gasteiger partial charge in [0.1, 0.15) is 11.9 Å². The summed E-state index contributed by atoms with van der Waals surface area (Å²) in [4.78, 5) is 28.2. The zero-order valence-corrected chi connectivity index (χ0v) is 24.0. The molecule has 3 aliphatic heterocycles. The van der Waals surface area contributed by atoms with Crippen molar-refractivity contribution >= 4 is 11.7 Å². The third-order valence-electron chi connectivity index (χ3n) is 11.6. The van der Waals surface area contributed by atoms with E-state index in [0.717, 1.165) is 17.7 Å². The predicted molar refractivity (Wildman–Crippen MR) is 149 cm³/mol. The van der Waals surface area contributed by atoms with Crippen LogP contribution in [0.5, 0.6) is 5.75 Å². The van der Waals surface area contributed by atoms with Crippen molar-refractivity contribution in [1.29, 1.82) is 0 Å². The maximum Gasteiger partial charge on any atom is 0.257 e. The molecule has 0 saturated heterocycles. The minimum Gasteiger partial charge on any atom is -0.490 e. The summed E-state index contributed by atoms with van der Waals surface area (Å²) in [6, 6.07) is 7.92. The Balaban J connectivity index is 1.50. The lowest BCUT2D eigenvalue weighted by atomic mass is 9.54. The molecule has 2 fully saturated rings. The number of aliphatic hydroxyl groups is 1. The molecule has 2 saturated carbocycles. The maximum atomic E-state index is 14.8. The summed E-state index contributed by atoms with van der Waals surface area (Å²) in [5.74, 6) is 2.13. The molecule has 5 heteroatoms. The molecule has 4 aliphatic carbocycles. The molecule has 1 aromatic carbocycles. The number of Topliss-reactive ketones (excluding diaryl/α,β-unsaturated/α-hetero) is 1. The molecular weight excluding hydrogens is 486 g/mol. The Morgan fingerprint density at radius 2 is 1.72 bits per heavy atom. The molecule has 3 heterocycles. The second-order valence-corrected chi connectivity index (χ2v) is 14.1. The Labute approximate surface area is 231 Å². The van der Waals surface area contributed by atoms with E-state index in [2.05, 4.69) is 52.9 Å². The van der Waals surface area contributed by atoms with E-state index in [0.29, 0.717) is 23.7 Å². The van der Waals surface area contributed by atoms with Crippen LogP contribution in [0.25, 0.3) is 0 Å². The minimum atomic E-state index is -1.58. The largest absolute Gasteiger partial charge is 0.490 e. The molecule has 0 spiro atoms. The predicted octanol–water partition coefficient (Wildman–Crippen LogP) is 5.40. The smallest absolute Gasteiger partial charge is 0.257 e. The van der Waals surface area contributed by atoms with Gasteiger partial charge in [-0.3, -0.25) is 9.59 Å². The summed E-state index contributed by atoms with van der Waals surface area (Å²) >= 11 is 0. The van der Waals surface area contributed by atoms with E-state index in [4.69, 9.17) is 4.74 Å². The summed E-state index contributed by atoms with van der Waals surface area (Å²) in [5.41, 5.74) is 3.01. The molecule has 0 unspecified atom stereocenters. The van der Waals surface area contributed by atoms with Gasteiger partial charge in [-0.05, 0) is 80.1 Å². The van der Waals surface area contributed by atoms with Crippen LogP contribution in [0.1, 0.15) is 59.9 Å². The van der Waals surface area contributed by atoms with Gasteiger partial charge >= 0.3 is 0 Å². The quantitative estimate of drug-likeness (QED) is 0.350. The highest BCUT2D eigenvalue weighted by Gasteiger charge is 2.66. The number of benzene rings is 1. The zero-order valence-electron chi connectivity index (χ0n) is 24.0. The molecule has 4 bridgehead atoms. The first kappa shape index (κ1) is 25.3. The van der Waals surface area contributed by atoms with Gasteiger partial charge in [-0.15, -0.1) is 0 Å². The molecule has 0 radical (unpaired) electrons. The fraction of sp³-hybridized carbons (Fsp3) is 0.588. The first-order chi connectivity index (χ1) is 18.4. The molecule has 5 nitrogen and oxygen atoms in total. The minimum absolute atomic E-state index is 0.0498. The van der Waals surface area contributed by atoms with Crippen molar-refractivity contribution in [2.75, 3.05) is 0 Å². The van der Waals surface area contributed by atoms with E-state index in [1.165, 1.54) is 29.2 Å². The molecule has 0 aromatic heterocycles. The van der Waals surface area contributed by atoms with Gasteiger partial charge in [0.05, 0.1) is 5.57 Å². The third-order valence-corrected chi connectivity index (χ3v) is 11.6. The fourth-order valence-electron chi connectivity index (χ4n) is 10.4. The number of fused-ring (bicyclic) bond motifs is 5. The number of carbonyl (C=O) groups is 2. The summed E-state index contributed by atoms with van der Waals surface area (Å²) in [5, 5.41) is 14.1. The molecular formula is C34H41NO4. The summed E-state index contributed by atoms with van der Waals surface area (Å²) < 4.78 is 7.01. The standard InChI is InChI=1S/C34H41NO4/c1-16-11-17(2)25-23(12-16)26-20(5)28-19(4)18(3)13-33(28,6)29-27(26)31(25)39-22-9-7-21(8-10-22)14-34(38)15-24(30(29)36)32(37)35-34/h7-10,13,15-17,19,23,25-27,29,31,38H,11-12,14H2,1-6H3,(H,35,37)/t16-,17+,19+,23-,25-,26+,27+,29+,31+,33+,34-/m1/s1. The average molecular weight is 528 g/mol. The van der Waals surface area contributed by atoms with Gasteiger partial charge in [0.15, 0.2) is 11.5 Å². The van der Waals surface area contributed by atoms with Crippen LogP contribution in [0.2, 0.25) is 0 Å². The first-order valence-electron chi connectivity index (χ1n) is 14.9. The molecule has 2 N–H and O–H groups in total. The van der Waals surface area contributed by atoms with E-state index in [1.54, 1.807) is 0 Å². The van der Waals surface area contributed by atoms with Crippen LogP contribution < -0.4 is 10.1 Å². The third kappa shape index (κ3) is 3.41. The van der Waals surface area contributed by atoms with E-state index in [-0.39, 0.29) is 41.6 Å². The topological polar surface area (TPSA) is 75.6 Å². The van der Waals surface area contributed by atoms with Crippen LogP contribution in [0.15, 0.2) is 58.7 Å². The second-order valence-electron chi connectivity index (χ2n) is 14.1. The van der Waals surface area contributed by atoms with Crippen LogP contribution in [0, 0.1) is 52.8 Å². The average Bonchev–Trinajstić information content (AvgIpc) is 3.41. The monoisotopic (exact) mass is 527 g/mol. The highest BCUT2D eigenvalue weighted by atomic mass is 16.5. The number of ether oxygens (including phenoxy) is 1. The van der Waals surface area contributed by atoms with Gasteiger partial charge in [-0.25, -0.2) is 0 Å². The lowest BCUT2D eigenvalue weighted by molar-refractivity contribution is -0.130.